The summed E-state index contributed by atoms with van der Waals surface area (Å²) in [7, 11) is -4.88. The number of carbonyl (C=O) groups is 2. The van der Waals surface area contributed by atoms with Crippen molar-refractivity contribution in [3.63, 3.8) is 0 Å². The van der Waals surface area contributed by atoms with E-state index in [2.05, 4.69) is 0 Å². The van der Waals surface area contributed by atoms with Gasteiger partial charge in [0.05, 0.1) is 18.8 Å². The highest BCUT2D eigenvalue weighted by molar-refractivity contribution is 7.48. The van der Waals surface area contributed by atoms with Gasteiger partial charge < -0.3 is 28.8 Å². The monoisotopic (exact) mass is 614 g/mol. The standard InChI is InChI=1S/C23H36FN2O14P/c1-13(2)34-20(29)36-15(5)39-41(32,40-16(6)37-21(30)35-14(3)4)33-12-23(11-24)10-22(7,31)18(38-23)26-9-8-17(27)25-19(26)28/h8-9,13-16,18,31H,10-12H2,1-7H3,(H,25,27,28). The zero-order valence-corrected chi connectivity index (χ0v) is 24.6. The van der Waals surface area contributed by atoms with E-state index in [9.17, 15) is 33.2 Å². The van der Waals surface area contributed by atoms with E-state index in [0.717, 1.165) is 30.7 Å². The molecule has 1 saturated heterocycles. The number of phosphoric acid groups is 1. The van der Waals surface area contributed by atoms with Crippen molar-refractivity contribution in [1.29, 1.82) is 0 Å². The number of nitrogens with one attached hydrogen (secondary N) is 1. The molecule has 2 N–H and O–H groups in total. The summed E-state index contributed by atoms with van der Waals surface area (Å²) in [5.41, 5.74) is -5.53. The number of rotatable bonds is 13. The topological polar surface area (TPSA) is 200 Å². The van der Waals surface area contributed by atoms with Crippen molar-refractivity contribution in [3.8, 4) is 0 Å². The van der Waals surface area contributed by atoms with Gasteiger partial charge in [-0.05, 0) is 48.5 Å². The molecule has 0 saturated carbocycles. The van der Waals surface area contributed by atoms with Crippen LogP contribution in [0.4, 0.5) is 14.0 Å². The smallest absolute Gasteiger partial charge is 0.432 e. The van der Waals surface area contributed by atoms with Crippen molar-refractivity contribution < 1.29 is 60.9 Å². The predicted octanol–water partition coefficient (Wildman–Crippen LogP) is 2.89. The number of carbonyl (C=O) groups excluding carboxylic acids is 2. The van der Waals surface area contributed by atoms with Gasteiger partial charge in [0.1, 0.15) is 17.9 Å². The van der Waals surface area contributed by atoms with Crippen molar-refractivity contribution in [3.05, 3.63) is 33.1 Å². The molecule has 0 aromatic carbocycles. The third kappa shape index (κ3) is 10.2. The van der Waals surface area contributed by atoms with Gasteiger partial charge in [-0.25, -0.2) is 32.4 Å². The Balaban J connectivity index is 2.27. The zero-order valence-electron chi connectivity index (χ0n) is 23.7. The van der Waals surface area contributed by atoms with Crippen LogP contribution in [0.25, 0.3) is 0 Å². The van der Waals surface area contributed by atoms with Gasteiger partial charge in [0.2, 0.25) is 12.6 Å². The molecule has 0 spiro atoms. The minimum Gasteiger partial charge on any atom is -0.432 e. The summed E-state index contributed by atoms with van der Waals surface area (Å²) >= 11 is 0. The number of halogens is 1. The number of aliphatic hydroxyl groups is 1. The second-order valence-electron chi connectivity index (χ2n) is 9.97. The van der Waals surface area contributed by atoms with Crippen LogP contribution in [-0.2, 0) is 41.8 Å². The molecular weight excluding hydrogens is 578 g/mol. The first kappa shape index (κ1) is 34.4. The van der Waals surface area contributed by atoms with Crippen LogP contribution in [0.1, 0.15) is 61.1 Å². The molecule has 234 valence electrons. The number of nitrogens with zero attached hydrogens (tertiary/aromatic N) is 1. The Hall–Kier alpha value is -2.82. The number of aromatic amines is 1. The molecular formula is C23H36FN2O14P. The Morgan fingerprint density at radius 2 is 1.59 bits per heavy atom. The molecule has 2 heterocycles. The summed E-state index contributed by atoms with van der Waals surface area (Å²) in [6, 6.07) is 1.00. The Bertz CT molecular complexity index is 1180. The number of hydrogen-bond acceptors (Lipinski definition) is 14. The third-order valence-electron chi connectivity index (χ3n) is 5.15. The molecule has 18 heteroatoms. The van der Waals surface area contributed by atoms with Crippen LogP contribution in [0.5, 0.6) is 0 Å². The normalized spacial score (nSPS) is 25.4. The predicted molar refractivity (Wildman–Crippen MR) is 135 cm³/mol. The minimum absolute atomic E-state index is 0.480. The second-order valence-corrected chi connectivity index (χ2v) is 11.5. The van der Waals surface area contributed by atoms with Crippen molar-refractivity contribution in [2.75, 3.05) is 13.3 Å². The molecule has 5 atom stereocenters. The van der Waals surface area contributed by atoms with Crippen molar-refractivity contribution in [2.24, 2.45) is 0 Å². The Kier molecular flexibility index (Phi) is 11.7. The van der Waals surface area contributed by atoms with Crippen molar-refractivity contribution >= 4 is 20.1 Å². The fourth-order valence-electron chi connectivity index (χ4n) is 3.72. The van der Waals surface area contributed by atoms with Gasteiger partial charge >= 0.3 is 25.8 Å². The summed E-state index contributed by atoms with van der Waals surface area (Å²) in [5, 5.41) is 11.0. The van der Waals surface area contributed by atoms with E-state index in [1.807, 2.05) is 4.98 Å². The first-order valence-corrected chi connectivity index (χ1v) is 14.0. The van der Waals surface area contributed by atoms with Crippen LogP contribution in [-0.4, -0.2) is 76.2 Å². The van der Waals surface area contributed by atoms with Crippen molar-refractivity contribution in [1.82, 2.24) is 9.55 Å². The molecule has 0 radical (unpaired) electrons. The van der Waals surface area contributed by atoms with Gasteiger partial charge in [-0.15, -0.1) is 0 Å². The number of alkyl halides is 1. The quantitative estimate of drug-likeness (QED) is 0.187. The molecule has 1 aromatic heterocycles. The van der Waals surface area contributed by atoms with Crippen LogP contribution in [0.3, 0.4) is 0 Å². The van der Waals surface area contributed by atoms with Crippen LogP contribution < -0.4 is 11.2 Å². The maximum Gasteiger partial charge on any atom is 0.510 e. The maximum atomic E-state index is 14.4. The van der Waals surface area contributed by atoms with E-state index in [-0.39, 0.29) is 0 Å². The molecule has 2 rings (SSSR count). The average molecular weight is 615 g/mol. The summed E-state index contributed by atoms with van der Waals surface area (Å²) in [6.07, 6.45) is -7.58. The molecule has 1 fully saturated rings. The lowest BCUT2D eigenvalue weighted by atomic mass is 9.92. The molecule has 1 aliphatic rings. The number of H-pyrrole nitrogens is 1. The number of phosphoric ester groups is 1. The summed E-state index contributed by atoms with van der Waals surface area (Å²) < 4.78 is 69.7. The molecule has 0 bridgehead atoms. The van der Waals surface area contributed by atoms with E-state index in [0.29, 0.717) is 0 Å². The molecule has 5 unspecified atom stereocenters. The highest BCUT2D eigenvalue weighted by Gasteiger charge is 2.55. The minimum atomic E-state index is -4.88. The molecule has 0 aliphatic carbocycles. The fraction of sp³-hybridized carbons (Fsp3) is 0.739. The summed E-state index contributed by atoms with van der Waals surface area (Å²) in [4.78, 5) is 49.4. The lowest BCUT2D eigenvalue weighted by Gasteiger charge is -2.29. The fourth-order valence-corrected chi connectivity index (χ4v) is 5.09. The summed E-state index contributed by atoms with van der Waals surface area (Å²) in [6.45, 7) is 7.59. The Morgan fingerprint density at radius 1 is 1.07 bits per heavy atom. The van der Waals surface area contributed by atoms with Crippen molar-refractivity contribution in [2.45, 2.75) is 97.1 Å². The van der Waals surface area contributed by atoms with Crippen LogP contribution in [0.15, 0.2) is 21.9 Å². The van der Waals surface area contributed by atoms with E-state index >= 15 is 0 Å². The molecule has 1 aliphatic heterocycles. The van der Waals surface area contributed by atoms with E-state index in [1.165, 1.54) is 6.92 Å². The van der Waals surface area contributed by atoms with Crippen LogP contribution >= 0.6 is 7.82 Å². The third-order valence-corrected chi connectivity index (χ3v) is 6.71. The van der Waals surface area contributed by atoms with Gasteiger partial charge in [-0.3, -0.25) is 18.9 Å². The Morgan fingerprint density at radius 3 is 2.02 bits per heavy atom. The van der Waals surface area contributed by atoms with Gasteiger partial charge in [-0.2, -0.15) is 0 Å². The number of hydrogen-bond donors (Lipinski definition) is 2. The van der Waals surface area contributed by atoms with Gasteiger partial charge in [0, 0.05) is 18.7 Å². The second kappa shape index (κ2) is 13.9. The van der Waals surface area contributed by atoms with Gasteiger partial charge in [0.15, 0.2) is 6.23 Å². The highest BCUT2D eigenvalue weighted by Crippen LogP contribution is 2.54. The van der Waals surface area contributed by atoms with Gasteiger partial charge in [0.25, 0.3) is 5.56 Å². The zero-order chi connectivity index (χ0) is 31.2. The number of ether oxygens (including phenoxy) is 5. The first-order valence-electron chi connectivity index (χ1n) is 12.5. The first-order chi connectivity index (χ1) is 18.9. The molecule has 1 aromatic rings. The molecule has 0 amide bonds. The van der Waals surface area contributed by atoms with Crippen LogP contribution in [0, 0.1) is 0 Å². The van der Waals surface area contributed by atoms with Crippen LogP contribution in [0.2, 0.25) is 0 Å². The maximum absolute atomic E-state index is 14.4. The largest absolute Gasteiger partial charge is 0.510 e. The molecule has 16 nitrogen and oxygen atoms in total. The summed E-state index contributed by atoms with van der Waals surface area (Å²) in [5.74, 6) is 0. The SMILES string of the molecule is CC(C)OC(=O)OC(C)OP(=O)(OCC1(CF)CC(C)(O)C(n2ccc(=O)[nH]c2=O)O1)OC(C)OC(=O)OC(C)C. The highest BCUT2D eigenvalue weighted by atomic mass is 31.2. The van der Waals surface area contributed by atoms with E-state index in [1.54, 1.807) is 27.7 Å². The Labute approximate surface area is 234 Å². The van der Waals surface area contributed by atoms with E-state index < -0.39 is 93.3 Å². The van der Waals surface area contributed by atoms with E-state index in [4.69, 9.17) is 37.3 Å². The average Bonchev–Trinajstić information content (AvgIpc) is 3.07. The lowest BCUT2D eigenvalue weighted by molar-refractivity contribution is -0.141. The molecule has 41 heavy (non-hydrogen) atoms. The lowest BCUT2D eigenvalue weighted by Crippen LogP contribution is -2.40. The number of aromatic nitrogens is 2. The van der Waals surface area contributed by atoms with Gasteiger partial charge in [-0.1, -0.05) is 0 Å².